The molecule has 0 unspecified atom stereocenters. The molecular formula is C8H5ClN2O3. The number of carbonyl (C=O) groups is 1. The highest BCUT2D eigenvalue weighted by atomic mass is 35.5. The maximum absolute atomic E-state index is 10.4. The predicted octanol–water partition coefficient (Wildman–Crippen LogP) is 1.86. The predicted molar refractivity (Wildman–Crippen MR) is 51.0 cm³/mol. The van der Waals surface area contributed by atoms with Gasteiger partial charge >= 0.3 is 0 Å². The van der Waals surface area contributed by atoms with Gasteiger partial charge in [-0.1, -0.05) is 11.6 Å². The fourth-order valence-corrected chi connectivity index (χ4v) is 0.980. The molecule has 72 valence electrons. The average Bonchev–Trinajstić information content (AvgIpc) is 2.16. The van der Waals surface area contributed by atoms with Crippen LogP contribution in [0.15, 0.2) is 18.3 Å². The maximum atomic E-state index is 10.4. The lowest BCUT2D eigenvalue weighted by molar-refractivity contribution is -0.385. The summed E-state index contributed by atoms with van der Waals surface area (Å²) in [5.74, 6) is 0. The van der Waals surface area contributed by atoms with E-state index in [0.29, 0.717) is 11.8 Å². The molecule has 0 radical (unpaired) electrons. The molecule has 6 heteroatoms. The van der Waals surface area contributed by atoms with Crippen LogP contribution in [0.5, 0.6) is 0 Å². The third-order valence-corrected chi connectivity index (χ3v) is 1.73. The van der Waals surface area contributed by atoms with Crippen LogP contribution < -0.4 is 0 Å². The van der Waals surface area contributed by atoms with Crippen molar-refractivity contribution in [3.63, 3.8) is 0 Å². The number of pyridine rings is 1. The van der Waals surface area contributed by atoms with Gasteiger partial charge in [0.25, 0.3) is 5.69 Å². The Morgan fingerprint density at radius 3 is 2.86 bits per heavy atom. The zero-order valence-electron chi connectivity index (χ0n) is 6.88. The highest BCUT2D eigenvalue weighted by molar-refractivity contribution is 6.30. The van der Waals surface area contributed by atoms with E-state index in [1.165, 1.54) is 18.2 Å². The lowest BCUT2D eigenvalue weighted by Gasteiger charge is -1.96. The van der Waals surface area contributed by atoms with Gasteiger partial charge in [-0.05, 0) is 12.2 Å². The maximum Gasteiger partial charge on any atom is 0.288 e. The molecule has 0 aliphatic rings. The molecular weight excluding hydrogens is 208 g/mol. The zero-order valence-corrected chi connectivity index (χ0v) is 7.64. The van der Waals surface area contributed by atoms with Crippen molar-refractivity contribution in [2.45, 2.75) is 0 Å². The van der Waals surface area contributed by atoms with E-state index in [0.717, 1.165) is 6.20 Å². The van der Waals surface area contributed by atoms with Gasteiger partial charge in [-0.3, -0.25) is 14.9 Å². The first-order chi connectivity index (χ1) is 6.65. The molecule has 0 atom stereocenters. The second-order valence-corrected chi connectivity index (χ2v) is 2.68. The van der Waals surface area contributed by atoms with Gasteiger partial charge in [0.05, 0.1) is 4.92 Å². The van der Waals surface area contributed by atoms with Gasteiger partial charge in [-0.25, -0.2) is 4.98 Å². The van der Waals surface area contributed by atoms with Crippen LogP contribution in [-0.2, 0) is 4.79 Å². The first kappa shape index (κ1) is 10.3. The van der Waals surface area contributed by atoms with E-state index < -0.39 is 4.92 Å². The Kier molecular flexibility index (Phi) is 3.30. The van der Waals surface area contributed by atoms with Gasteiger partial charge in [-0.15, -0.1) is 0 Å². The summed E-state index contributed by atoms with van der Waals surface area (Å²) in [7, 11) is 0. The lowest BCUT2D eigenvalue weighted by atomic mass is 10.2. The molecule has 0 amide bonds. The summed E-state index contributed by atoms with van der Waals surface area (Å²) in [6.45, 7) is 0. The largest absolute Gasteiger partial charge is 0.299 e. The van der Waals surface area contributed by atoms with Crippen LogP contribution in [-0.4, -0.2) is 16.2 Å². The fraction of sp³-hybridized carbons (Fsp3) is 0. The van der Waals surface area contributed by atoms with Crippen molar-refractivity contribution >= 4 is 29.7 Å². The molecule has 0 N–H and O–H groups in total. The second-order valence-electron chi connectivity index (χ2n) is 2.33. The average molecular weight is 213 g/mol. The van der Waals surface area contributed by atoms with Gasteiger partial charge < -0.3 is 0 Å². The van der Waals surface area contributed by atoms with Crippen LogP contribution in [0, 0.1) is 10.1 Å². The van der Waals surface area contributed by atoms with Crippen LogP contribution in [0.25, 0.3) is 6.08 Å². The van der Waals surface area contributed by atoms with Crippen LogP contribution in [0.3, 0.4) is 0 Å². The number of aldehydes is 1. The third kappa shape index (κ3) is 2.37. The summed E-state index contributed by atoms with van der Waals surface area (Å²) in [5, 5.41) is 10.5. The Morgan fingerprint density at radius 2 is 2.29 bits per heavy atom. The quantitative estimate of drug-likeness (QED) is 0.252. The van der Waals surface area contributed by atoms with E-state index >= 15 is 0 Å². The summed E-state index contributed by atoms with van der Waals surface area (Å²) < 4.78 is 0. The molecule has 1 rings (SSSR count). The van der Waals surface area contributed by atoms with Gasteiger partial charge in [-0.2, -0.15) is 0 Å². The summed E-state index contributed by atoms with van der Waals surface area (Å²) in [5.41, 5.74) is 0.174. The number of allylic oxidation sites excluding steroid dienone is 1. The van der Waals surface area contributed by atoms with Crippen molar-refractivity contribution in [3.05, 3.63) is 39.2 Å². The van der Waals surface area contributed by atoms with Gasteiger partial charge in [0.15, 0.2) is 0 Å². The first-order valence-corrected chi connectivity index (χ1v) is 3.94. The highest BCUT2D eigenvalue weighted by Gasteiger charge is 2.08. The Bertz CT molecular complexity index is 404. The Hall–Kier alpha value is -1.75. The van der Waals surface area contributed by atoms with Crippen molar-refractivity contribution in [3.8, 4) is 0 Å². The van der Waals surface area contributed by atoms with Crippen molar-refractivity contribution < 1.29 is 9.72 Å². The molecule has 0 saturated heterocycles. The van der Waals surface area contributed by atoms with Gasteiger partial charge in [0.1, 0.15) is 17.6 Å². The number of carbonyl (C=O) groups excluding carboxylic acids is 1. The normalized spacial score (nSPS) is 10.4. The minimum atomic E-state index is -0.582. The van der Waals surface area contributed by atoms with E-state index in [9.17, 15) is 14.9 Å². The molecule has 0 aliphatic carbocycles. The summed E-state index contributed by atoms with van der Waals surface area (Å²) >= 11 is 5.64. The highest BCUT2D eigenvalue weighted by Crippen LogP contribution is 2.19. The summed E-state index contributed by atoms with van der Waals surface area (Å²) in [6.07, 6.45) is 4.15. The van der Waals surface area contributed by atoms with Crippen molar-refractivity contribution in [2.24, 2.45) is 0 Å². The molecule has 14 heavy (non-hydrogen) atoms. The SMILES string of the molecule is O=CC=Cc1cc([N+](=O)[O-])cnc1Cl. The van der Waals surface area contributed by atoms with Crippen LogP contribution in [0.2, 0.25) is 5.15 Å². The molecule has 0 aliphatic heterocycles. The number of aromatic nitrogens is 1. The van der Waals surface area contributed by atoms with Crippen molar-refractivity contribution in [1.29, 1.82) is 0 Å². The van der Waals surface area contributed by atoms with Crippen molar-refractivity contribution in [2.75, 3.05) is 0 Å². The van der Waals surface area contributed by atoms with E-state index in [2.05, 4.69) is 4.98 Å². The monoisotopic (exact) mass is 212 g/mol. The summed E-state index contributed by atoms with van der Waals surface area (Å²) in [6, 6.07) is 1.25. The van der Waals surface area contributed by atoms with Gasteiger partial charge in [0, 0.05) is 11.6 Å². The molecule has 1 heterocycles. The first-order valence-electron chi connectivity index (χ1n) is 3.57. The number of hydrogen-bond donors (Lipinski definition) is 0. The molecule has 1 aromatic rings. The molecule has 0 aromatic carbocycles. The third-order valence-electron chi connectivity index (χ3n) is 1.42. The van der Waals surface area contributed by atoms with E-state index in [1.54, 1.807) is 0 Å². The Balaban J connectivity index is 3.14. The van der Waals surface area contributed by atoms with Crippen LogP contribution in [0.1, 0.15) is 5.56 Å². The van der Waals surface area contributed by atoms with E-state index in [1.807, 2.05) is 0 Å². The fourth-order valence-electron chi connectivity index (χ4n) is 0.813. The molecule has 0 fully saturated rings. The number of rotatable bonds is 3. The van der Waals surface area contributed by atoms with Gasteiger partial charge in [0.2, 0.25) is 0 Å². The molecule has 1 aromatic heterocycles. The smallest absolute Gasteiger partial charge is 0.288 e. The number of hydrogen-bond acceptors (Lipinski definition) is 4. The van der Waals surface area contributed by atoms with E-state index in [-0.39, 0.29) is 10.8 Å². The number of halogens is 1. The Morgan fingerprint density at radius 1 is 1.57 bits per heavy atom. The lowest BCUT2D eigenvalue weighted by Crippen LogP contribution is -1.90. The zero-order chi connectivity index (χ0) is 10.6. The number of nitro groups is 1. The summed E-state index contributed by atoms with van der Waals surface area (Å²) in [4.78, 5) is 23.4. The molecule has 0 spiro atoms. The molecule has 0 saturated carbocycles. The standard InChI is InChI=1S/C8H5ClN2O3/c9-8-6(2-1-3-12)4-7(5-10-8)11(13)14/h1-5H. The second kappa shape index (κ2) is 4.48. The van der Waals surface area contributed by atoms with E-state index in [4.69, 9.17) is 11.6 Å². The molecule has 5 nitrogen and oxygen atoms in total. The van der Waals surface area contributed by atoms with Crippen LogP contribution in [0.4, 0.5) is 5.69 Å². The molecule has 0 bridgehead atoms. The van der Waals surface area contributed by atoms with Crippen LogP contribution >= 0.6 is 11.6 Å². The minimum Gasteiger partial charge on any atom is -0.299 e. The minimum absolute atomic E-state index is 0.119. The van der Waals surface area contributed by atoms with Crippen molar-refractivity contribution in [1.82, 2.24) is 4.98 Å². The Labute approximate surface area is 84.2 Å². The number of nitrogens with zero attached hydrogens (tertiary/aromatic N) is 2. The topological polar surface area (TPSA) is 73.1 Å².